The molecule has 0 aliphatic rings. The Labute approximate surface area is 99.0 Å². The van der Waals surface area contributed by atoms with E-state index in [0.29, 0.717) is 16.3 Å². The van der Waals surface area contributed by atoms with Crippen LogP contribution in [-0.4, -0.2) is 24.2 Å². The molecule has 0 fully saturated rings. The Morgan fingerprint density at radius 3 is 2.75 bits per heavy atom. The van der Waals surface area contributed by atoms with E-state index in [1.165, 1.54) is 7.11 Å². The molecular weight excluding hydrogens is 230 g/mol. The molecule has 16 heavy (non-hydrogen) atoms. The zero-order valence-corrected chi connectivity index (χ0v) is 9.91. The van der Waals surface area contributed by atoms with E-state index < -0.39 is 12.0 Å². The minimum absolute atomic E-state index is 0.193. The highest BCUT2D eigenvalue weighted by Crippen LogP contribution is 2.27. The van der Waals surface area contributed by atoms with Gasteiger partial charge in [-0.2, -0.15) is 0 Å². The molecule has 1 aromatic rings. The highest BCUT2D eigenvalue weighted by atomic mass is 35.5. The van der Waals surface area contributed by atoms with Crippen molar-refractivity contribution in [2.45, 2.75) is 19.4 Å². The Morgan fingerprint density at radius 1 is 1.62 bits per heavy atom. The van der Waals surface area contributed by atoms with Gasteiger partial charge in [0, 0.05) is 11.4 Å². The van der Waals surface area contributed by atoms with Crippen molar-refractivity contribution >= 4 is 17.6 Å². The second-order valence-electron chi connectivity index (χ2n) is 3.56. The van der Waals surface area contributed by atoms with E-state index in [0.717, 1.165) is 5.56 Å². The molecule has 1 rings (SSSR count). The predicted octanol–water partition coefficient (Wildman–Crippen LogP) is 1.61. The number of aryl methyl sites for hydroxylation is 1. The number of hydrogen-bond donors (Lipinski definition) is 2. The second-order valence-corrected chi connectivity index (χ2v) is 3.97. The summed E-state index contributed by atoms with van der Waals surface area (Å²) in [4.78, 5) is 10.7. The van der Waals surface area contributed by atoms with Crippen molar-refractivity contribution in [1.29, 1.82) is 0 Å². The maximum atomic E-state index is 10.7. The molecule has 0 aromatic heterocycles. The average Bonchev–Trinajstić information content (AvgIpc) is 2.22. The fourth-order valence-electron chi connectivity index (χ4n) is 1.37. The number of ether oxygens (including phenoxy) is 1. The Bertz CT molecular complexity index is 406. The van der Waals surface area contributed by atoms with Crippen LogP contribution in [0.15, 0.2) is 12.1 Å². The third kappa shape index (κ3) is 2.87. The number of nitrogens with two attached hydrogens (primary N) is 1. The summed E-state index contributed by atoms with van der Waals surface area (Å²) in [6.45, 7) is 1.85. The molecule has 88 valence electrons. The lowest BCUT2D eigenvalue weighted by Gasteiger charge is -2.12. The van der Waals surface area contributed by atoms with Crippen LogP contribution in [0.25, 0.3) is 0 Å². The third-order valence-electron chi connectivity index (χ3n) is 2.32. The summed E-state index contributed by atoms with van der Waals surface area (Å²) in [6, 6.07) is 2.51. The Hall–Kier alpha value is -1.26. The van der Waals surface area contributed by atoms with E-state index in [2.05, 4.69) is 0 Å². The number of aliphatic carboxylic acids is 1. The number of methoxy groups -OCH3 is 1. The summed E-state index contributed by atoms with van der Waals surface area (Å²) < 4.78 is 5.15. The van der Waals surface area contributed by atoms with Crippen LogP contribution in [0.4, 0.5) is 0 Å². The number of carboxylic acids is 1. The van der Waals surface area contributed by atoms with Gasteiger partial charge in [0.1, 0.15) is 11.8 Å². The molecule has 0 aliphatic carbocycles. The van der Waals surface area contributed by atoms with Crippen molar-refractivity contribution in [2.24, 2.45) is 5.73 Å². The minimum atomic E-state index is -1.04. The molecule has 0 spiro atoms. The van der Waals surface area contributed by atoms with Crippen LogP contribution < -0.4 is 10.5 Å². The number of benzene rings is 1. The number of carboxylic acid groups (broad SMARTS) is 1. The number of hydrogen-bond acceptors (Lipinski definition) is 3. The summed E-state index contributed by atoms with van der Waals surface area (Å²) in [5, 5.41) is 9.31. The minimum Gasteiger partial charge on any atom is -0.496 e. The zero-order chi connectivity index (χ0) is 12.3. The summed E-state index contributed by atoms with van der Waals surface area (Å²) >= 11 is 5.96. The van der Waals surface area contributed by atoms with Crippen LogP contribution >= 0.6 is 11.6 Å². The molecule has 0 heterocycles. The molecule has 0 saturated heterocycles. The number of carbonyl (C=O) groups is 1. The first-order valence-electron chi connectivity index (χ1n) is 4.77. The second kappa shape index (κ2) is 5.18. The molecule has 0 bridgehead atoms. The van der Waals surface area contributed by atoms with E-state index in [1.54, 1.807) is 12.1 Å². The molecule has 0 radical (unpaired) electrons. The molecule has 1 atom stereocenters. The first kappa shape index (κ1) is 12.8. The van der Waals surface area contributed by atoms with Gasteiger partial charge in [-0.1, -0.05) is 11.6 Å². The lowest BCUT2D eigenvalue weighted by Crippen LogP contribution is -2.32. The zero-order valence-electron chi connectivity index (χ0n) is 9.16. The van der Waals surface area contributed by atoms with Crippen molar-refractivity contribution in [3.8, 4) is 5.75 Å². The summed E-state index contributed by atoms with van der Waals surface area (Å²) in [5.41, 5.74) is 7.04. The smallest absolute Gasteiger partial charge is 0.320 e. The maximum absolute atomic E-state index is 10.7. The molecule has 4 nitrogen and oxygen atoms in total. The predicted molar refractivity (Wildman–Crippen MR) is 62.1 cm³/mol. The van der Waals surface area contributed by atoms with E-state index >= 15 is 0 Å². The molecule has 0 aliphatic heterocycles. The van der Waals surface area contributed by atoms with Gasteiger partial charge in [0.15, 0.2) is 0 Å². The van der Waals surface area contributed by atoms with E-state index in [4.69, 9.17) is 27.2 Å². The lowest BCUT2D eigenvalue weighted by atomic mass is 10.0. The Kier molecular flexibility index (Phi) is 4.15. The summed E-state index contributed by atoms with van der Waals surface area (Å²) in [7, 11) is 1.53. The van der Waals surface area contributed by atoms with Crippen LogP contribution in [0.2, 0.25) is 5.02 Å². The van der Waals surface area contributed by atoms with Crippen LogP contribution in [0, 0.1) is 6.92 Å². The quantitative estimate of drug-likeness (QED) is 0.843. The third-order valence-corrected chi connectivity index (χ3v) is 2.73. The van der Waals surface area contributed by atoms with Gasteiger partial charge in [-0.3, -0.25) is 4.79 Å². The number of halogens is 1. The van der Waals surface area contributed by atoms with E-state index in [9.17, 15) is 4.79 Å². The van der Waals surface area contributed by atoms with Crippen molar-refractivity contribution in [1.82, 2.24) is 0 Å². The standard InChI is InChI=1S/C11H14ClNO3/c1-6-3-10(16-2)7(4-8(6)12)5-9(13)11(14)15/h3-4,9H,5,13H2,1-2H3,(H,14,15). The van der Waals surface area contributed by atoms with Gasteiger partial charge >= 0.3 is 5.97 Å². The Morgan fingerprint density at radius 2 is 2.25 bits per heavy atom. The molecule has 1 unspecified atom stereocenters. The highest BCUT2D eigenvalue weighted by Gasteiger charge is 2.16. The number of rotatable bonds is 4. The van der Waals surface area contributed by atoms with Crippen LogP contribution in [-0.2, 0) is 11.2 Å². The van der Waals surface area contributed by atoms with Crippen molar-refractivity contribution in [3.05, 3.63) is 28.3 Å². The topological polar surface area (TPSA) is 72.5 Å². The van der Waals surface area contributed by atoms with Crippen LogP contribution in [0.3, 0.4) is 0 Å². The van der Waals surface area contributed by atoms with Gasteiger partial charge < -0.3 is 15.6 Å². The largest absolute Gasteiger partial charge is 0.496 e. The molecule has 0 saturated carbocycles. The van der Waals surface area contributed by atoms with Crippen LogP contribution in [0.1, 0.15) is 11.1 Å². The SMILES string of the molecule is COc1cc(C)c(Cl)cc1CC(N)C(=O)O. The average molecular weight is 244 g/mol. The highest BCUT2D eigenvalue weighted by molar-refractivity contribution is 6.31. The molecule has 3 N–H and O–H groups in total. The van der Waals surface area contributed by atoms with Gasteiger partial charge in [0.05, 0.1) is 7.11 Å². The molecule has 0 amide bonds. The fourth-order valence-corrected chi connectivity index (χ4v) is 1.56. The van der Waals surface area contributed by atoms with Crippen molar-refractivity contribution in [3.63, 3.8) is 0 Å². The molecule has 1 aromatic carbocycles. The monoisotopic (exact) mass is 243 g/mol. The van der Waals surface area contributed by atoms with Gasteiger partial charge in [-0.05, 0) is 30.2 Å². The van der Waals surface area contributed by atoms with Gasteiger partial charge in [-0.15, -0.1) is 0 Å². The normalized spacial score (nSPS) is 12.2. The van der Waals surface area contributed by atoms with Crippen LogP contribution in [0.5, 0.6) is 5.75 Å². The maximum Gasteiger partial charge on any atom is 0.320 e. The van der Waals surface area contributed by atoms with Gasteiger partial charge in [0.25, 0.3) is 0 Å². The lowest BCUT2D eigenvalue weighted by molar-refractivity contribution is -0.138. The first-order chi connectivity index (χ1) is 7.45. The van der Waals surface area contributed by atoms with Crippen molar-refractivity contribution < 1.29 is 14.6 Å². The Balaban J connectivity index is 3.03. The van der Waals surface area contributed by atoms with Gasteiger partial charge in [0.2, 0.25) is 0 Å². The van der Waals surface area contributed by atoms with E-state index in [-0.39, 0.29) is 6.42 Å². The van der Waals surface area contributed by atoms with Gasteiger partial charge in [-0.25, -0.2) is 0 Å². The van der Waals surface area contributed by atoms with E-state index in [1.807, 2.05) is 6.92 Å². The molecular formula is C11H14ClNO3. The fraction of sp³-hybridized carbons (Fsp3) is 0.364. The first-order valence-corrected chi connectivity index (χ1v) is 5.15. The summed E-state index contributed by atoms with van der Waals surface area (Å²) in [6.07, 6.45) is 0.193. The molecule has 5 heteroatoms. The summed E-state index contributed by atoms with van der Waals surface area (Å²) in [5.74, 6) is -0.433. The van der Waals surface area contributed by atoms with Crippen molar-refractivity contribution in [2.75, 3.05) is 7.11 Å².